The molecule has 8 nitrogen and oxygen atoms in total. The molecule has 0 aromatic carbocycles. The quantitative estimate of drug-likeness (QED) is 0.510. The summed E-state index contributed by atoms with van der Waals surface area (Å²) in [7, 11) is 0. The Hall–Kier alpha value is -2.16. The van der Waals surface area contributed by atoms with Gasteiger partial charge in [-0.05, 0) is 31.6 Å². The Morgan fingerprint density at radius 2 is 2.13 bits per heavy atom. The van der Waals surface area contributed by atoms with Crippen LogP contribution in [0.25, 0.3) is 4.96 Å². The minimum absolute atomic E-state index is 0.0754. The second-order valence-electron chi connectivity index (χ2n) is 6.50. The molecule has 9 heteroatoms. The van der Waals surface area contributed by atoms with Crippen LogP contribution in [0.3, 0.4) is 0 Å². The number of nitrogens with zero attached hydrogens (tertiary/aromatic N) is 3. The van der Waals surface area contributed by atoms with E-state index < -0.39 is 22.5 Å². The van der Waals surface area contributed by atoms with E-state index in [4.69, 9.17) is 4.74 Å². The van der Waals surface area contributed by atoms with Crippen LogP contribution < -0.4 is 5.32 Å². The van der Waals surface area contributed by atoms with Crippen LogP contribution in [0.2, 0.25) is 0 Å². The van der Waals surface area contributed by atoms with Crippen molar-refractivity contribution in [2.45, 2.75) is 46.3 Å². The van der Waals surface area contributed by atoms with Gasteiger partial charge >= 0.3 is 11.8 Å². The van der Waals surface area contributed by atoms with E-state index in [1.807, 2.05) is 13.8 Å². The number of fused-ring (bicyclic) bond motifs is 1. The molecule has 0 radical (unpaired) electrons. The molecule has 0 aliphatic carbocycles. The molecule has 0 saturated heterocycles. The Labute approximate surface area is 137 Å². The zero-order valence-corrected chi connectivity index (χ0v) is 14.5. The van der Waals surface area contributed by atoms with E-state index in [1.54, 1.807) is 32.3 Å². The highest BCUT2D eigenvalue weighted by Crippen LogP contribution is 2.29. The molecule has 1 N–H and O–H groups in total. The molecule has 0 bridgehead atoms. The summed E-state index contributed by atoms with van der Waals surface area (Å²) in [6, 6.07) is -0.725. The zero-order chi connectivity index (χ0) is 17.4. The monoisotopic (exact) mass is 340 g/mol. The molecule has 0 spiro atoms. The molecule has 126 valence electrons. The van der Waals surface area contributed by atoms with E-state index in [1.165, 1.54) is 15.7 Å². The van der Waals surface area contributed by atoms with Crippen molar-refractivity contribution in [3.8, 4) is 0 Å². The maximum Gasteiger partial charge on any atom is 0.372 e. The number of nitrogens with one attached hydrogen (secondary N) is 1. The highest BCUT2D eigenvalue weighted by Gasteiger charge is 2.32. The third-order valence-electron chi connectivity index (χ3n) is 3.03. The Kier molecular flexibility index (Phi) is 4.60. The fraction of sp³-hybridized carbons (Fsp3) is 0.571. The molecular weight excluding hydrogens is 320 g/mol. The van der Waals surface area contributed by atoms with Crippen molar-refractivity contribution in [2.24, 2.45) is 5.92 Å². The molecule has 23 heavy (non-hydrogen) atoms. The van der Waals surface area contributed by atoms with E-state index in [-0.39, 0.29) is 17.6 Å². The lowest BCUT2D eigenvalue weighted by molar-refractivity contribution is -0.389. The molecule has 2 aromatic heterocycles. The number of esters is 1. The number of carbonyl (C=O) groups is 1. The molecule has 2 rings (SSSR count). The van der Waals surface area contributed by atoms with Crippen molar-refractivity contribution in [1.82, 2.24) is 9.38 Å². The topological polar surface area (TPSA) is 98.8 Å². The summed E-state index contributed by atoms with van der Waals surface area (Å²) in [4.78, 5) is 27.9. The van der Waals surface area contributed by atoms with E-state index in [9.17, 15) is 14.9 Å². The molecule has 2 aromatic rings. The fourth-order valence-electron chi connectivity index (χ4n) is 2.06. The van der Waals surface area contributed by atoms with Crippen molar-refractivity contribution in [3.05, 3.63) is 21.7 Å². The molecule has 0 aliphatic rings. The van der Waals surface area contributed by atoms with E-state index in [2.05, 4.69) is 10.3 Å². The number of anilines is 1. The minimum Gasteiger partial charge on any atom is -0.458 e. The van der Waals surface area contributed by atoms with Gasteiger partial charge in [0.1, 0.15) is 17.8 Å². The van der Waals surface area contributed by atoms with Gasteiger partial charge in [0.2, 0.25) is 5.82 Å². The van der Waals surface area contributed by atoms with Crippen LogP contribution in [0.1, 0.15) is 34.6 Å². The largest absolute Gasteiger partial charge is 0.458 e. The number of carbonyl (C=O) groups excluding carboxylic acids is 1. The van der Waals surface area contributed by atoms with Crippen LogP contribution in [0, 0.1) is 16.0 Å². The third-order valence-corrected chi connectivity index (χ3v) is 3.79. The summed E-state index contributed by atoms with van der Waals surface area (Å²) in [5, 5.41) is 15.9. The first-order chi connectivity index (χ1) is 10.6. The molecule has 0 unspecified atom stereocenters. The highest BCUT2D eigenvalue weighted by atomic mass is 32.1. The summed E-state index contributed by atoms with van der Waals surface area (Å²) in [6.45, 7) is 9.00. The molecular formula is C14H20N4O4S. The molecule has 0 aliphatic heterocycles. The second-order valence-corrected chi connectivity index (χ2v) is 7.37. The maximum absolute atomic E-state index is 12.4. The predicted octanol–water partition coefficient (Wildman–Crippen LogP) is 3.08. The SMILES string of the molecule is CC(C)[C@@H](Nc1nc2sccn2c1[N+](=O)[O-])C(=O)OC(C)(C)C. The van der Waals surface area contributed by atoms with Crippen LogP contribution in [0.5, 0.6) is 0 Å². The van der Waals surface area contributed by atoms with Gasteiger partial charge < -0.3 is 20.2 Å². The summed E-state index contributed by atoms with van der Waals surface area (Å²) in [5.74, 6) is -0.691. The van der Waals surface area contributed by atoms with Gasteiger partial charge in [0.05, 0.1) is 0 Å². The number of hydrogen-bond donors (Lipinski definition) is 1. The summed E-state index contributed by atoms with van der Waals surface area (Å²) in [5.41, 5.74) is -0.633. The molecule has 2 heterocycles. The first-order valence-corrected chi connectivity index (χ1v) is 8.07. The van der Waals surface area contributed by atoms with E-state index in [0.717, 1.165) is 0 Å². The first kappa shape index (κ1) is 17.2. The van der Waals surface area contributed by atoms with Crippen molar-refractivity contribution >= 4 is 33.9 Å². The Morgan fingerprint density at radius 3 is 2.65 bits per heavy atom. The number of imidazole rings is 1. The molecule has 0 saturated carbocycles. The lowest BCUT2D eigenvalue weighted by atomic mass is 10.0. The Morgan fingerprint density at radius 1 is 1.48 bits per heavy atom. The van der Waals surface area contributed by atoms with Gasteiger partial charge in [-0.15, -0.1) is 0 Å². The summed E-state index contributed by atoms with van der Waals surface area (Å²) >= 11 is 1.28. The minimum atomic E-state index is -0.725. The Balaban J connectivity index is 2.34. The summed E-state index contributed by atoms with van der Waals surface area (Å²) in [6.07, 6.45) is 1.58. The van der Waals surface area contributed by atoms with Crippen molar-refractivity contribution in [1.29, 1.82) is 0 Å². The van der Waals surface area contributed by atoms with Gasteiger partial charge in [0.15, 0.2) is 0 Å². The fourth-order valence-corrected chi connectivity index (χ4v) is 2.76. The second kappa shape index (κ2) is 6.15. The lowest BCUT2D eigenvalue weighted by Crippen LogP contribution is -2.40. The number of rotatable bonds is 5. The first-order valence-electron chi connectivity index (χ1n) is 7.19. The van der Waals surface area contributed by atoms with Crippen LogP contribution in [0.15, 0.2) is 11.6 Å². The van der Waals surface area contributed by atoms with E-state index >= 15 is 0 Å². The van der Waals surface area contributed by atoms with Crippen molar-refractivity contribution < 1.29 is 14.5 Å². The maximum atomic E-state index is 12.4. The van der Waals surface area contributed by atoms with Crippen LogP contribution in [-0.2, 0) is 9.53 Å². The summed E-state index contributed by atoms with van der Waals surface area (Å²) < 4.78 is 6.77. The van der Waals surface area contributed by atoms with Gasteiger partial charge in [-0.3, -0.25) is 0 Å². The number of aromatic nitrogens is 2. The highest BCUT2D eigenvalue weighted by molar-refractivity contribution is 7.15. The molecule has 0 amide bonds. The number of ether oxygens (including phenoxy) is 1. The average Bonchev–Trinajstić information content (AvgIpc) is 2.91. The van der Waals surface area contributed by atoms with Gasteiger partial charge in [-0.2, -0.15) is 9.38 Å². The van der Waals surface area contributed by atoms with Gasteiger partial charge in [0, 0.05) is 5.38 Å². The number of nitro groups is 1. The van der Waals surface area contributed by atoms with Crippen LogP contribution in [0.4, 0.5) is 11.6 Å². The van der Waals surface area contributed by atoms with Gasteiger partial charge in [-0.1, -0.05) is 25.2 Å². The zero-order valence-electron chi connectivity index (χ0n) is 13.7. The average molecular weight is 340 g/mol. The number of thiazole rings is 1. The smallest absolute Gasteiger partial charge is 0.372 e. The van der Waals surface area contributed by atoms with E-state index in [0.29, 0.717) is 4.96 Å². The molecule has 0 fully saturated rings. The third kappa shape index (κ3) is 3.79. The standard InChI is InChI=1S/C14H20N4O4S/c1-8(2)9(12(19)22-14(3,4)5)15-10-11(18(20)21)17-6-7-23-13(17)16-10/h6-9,15H,1-5H3/t9-/m1/s1. The number of hydrogen-bond acceptors (Lipinski definition) is 7. The van der Waals surface area contributed by atoms with Crippen molar-refractivity contribution in [2.75, 3.05) is 5.32 Å². The van der Waals surface area contributed by atoms with Gasteiger partial charge in [0.25, 0.3) is 4.96 Å². The normalized spacial score (nSPS) is 13.3. The van der Waals surface area contributed by atoms with Crippen molar-refractivity contribution in [3.63, 3.8) is 0 Å². The molecule has 1 atom stereocenters. The van der Waals surface area contributed by atoms with Gasteiger partial charge in [-0.25, -0.2) is 4.79 Å². The Bertz CT molecular complexity index is 729. The predicted molar refractivity (Wildman–Crippen MR) is 87.8 cm³/mol. The van der Waals surface area contributed by atoms with Crippen LogP contribution in [-0.4, -0.2) is 31.9 Å². The lowest BCUT2D eigenvalue weighted by Gasteiger charge is -2.26. The van der Waals surface area contributed by atoms with Crippen LogP contribution >= 0.6 is 11.3 Å².